The number of alkyl halides is 3. The highest BCUT2D eigenvalue weighted by Gasteiger charge is 2.31. The van der Waals surface area contributed by atoms with Crippen molar-refractivity contribution in [3.8, 4) is 11.5 Å². The maximum absolute atomic E-state index is 12.8. The Labute approximate surface area is 163 Å². The van der Waals surface area contributed by atoms with E-state index in [0.717, 1.165) is 18.2 Å². The lowest BCUT2D eigenvalue weighted by atomic mass is 10.1. The summed E-state index contributed by atoms with van der Waals surface area (Å²) in [5.74, 6) is -0.268. The minimum absolute atomic E-state index is 0.0141. The molecule has 1 unspecified atom stereocenters. The van der Waals surface area contributed by atoms with Crippen LogP contribution in [0, 0.1) is 0 Å². The summed E-state index contributed by atoms with van der Waals surface area (Å²) in [5.41, 5.74) is 5.80. The Balaban J connectivity index is 2.43. The molecule has 0 aliphatic rings. The minimum Gasteiger partial charge on any atom is -0.465 e. The number of carbonyl (C=O) groups excluding carboxylic acids is 1. The lowest BCUT2D eigenvalue weighted by molar-refractivity contribution is -0.142. The summed E-state index contributed by atoms with van der Waals surface area (Å²) in [6.45, 7) is 1.88. The third-order valence-corrected chi connectivity index (χ3v) is 4.77. The van der Waals surface area contributed by atoms with Crippen molar-refractivity contribution in [1.82, 2.24) is 0 Å². The van der Waals surface area contributed by atoms with Gasteiger partial charge >= 0.3 is 12.1 Å². The molecule has 2 aromatic carbocycles. The molecule has 0 amide bonds. The van der Waals surface area contributed by atoms with Gasteiger partial charge in [0.05, 0.1) is 17.2 Å². The van der Waals surface area contributed by atoms with E-state index in [1.807, 2.05) is 0 Å². The molecule has 0 heterocycles. The van der Waals surface area contributed by atoms with Crippen molar-refractivity contribution in [2.24, 2.45) is 0 Å². The number of anilines is 1. The molecule has 0 fully saturated rings. The molecule has 27 heavy (non-hydrogen) atoms. The molecular formula is C18H17ClF3NO3S. The van der Waals surface area contributed by atoms with Crippen molar-refractivity contribution in [1.29, 1.82) is 0 Å². The molecular weight excluding hydrogens is 403 g/mol. The van der Waals surface area contributed by atoms with E-state index in [-0.39, 0.29) is 23.1 Å². The fraction of sp³-hybridized carbons (Fsp3) is 0.278. The van der Waals surface area contributed by atoms with Crippen LogP contribution < -0.4 is 10.5 Å². The van der Waals surface area contributed by atoms with Gasteiger partial charge < -0.3 is 15.2 Å². The fourth-order valence-corrected chi connectivity index (χ4v) is 3.33. The Kier molecular flexibility index (Phi) is 6.89. The van der Waals surface area contributed by atoms with Gasteiger partial charge in [0, 0.05) is 11.3 Å². The molecule has 9 heteroatoms. The summed E-state index contributed by atoms with van der Waals surface area (Å²) in [6.07, 6.45) is -2.80. The van der Waals surface area contributed by atoms with Gasteiger partial charge in [-0.2, -0.15) is 13.2 Å². The number of carbonyl (C=O) groups is 1. The maximum Gasteiger partial charge on any atom is 0.416 e. The zero-order chi connectivity index (χ0) is 20.2. The first-order chi connectivity index (χ1) is 12.7. The van der Waals surface area contributed by atoms with Crippen molar-refractivity contribution in [3.63, 3.8) is 0 Å². The summed E-state index contributed by atoms with van der Waals surface area (Å²) >= 11 is 7.15. The number of nitrogen functional groups attached to an aromatic ring is 1. The minimum atomic E-state index is -4.52. The van der Waals surface area contributed by atoms with E-state index in [1.54, 1.807) is 31.4 Å². The number of benzene rings is 2. The molecule has 4 nitrogen and oxygen atoms in total. The Bertz CT molecular complexity index is 830. The second-order valence-corrected chi connectivity index (χ2v) is 6.72. The Morgan fingerprint density at radius 1 is 1.26 bits per heavy atom. The first-order valence-corrected chi connectivity index (χ1v) is 9.48. The van der Waals surface area contributed by atoms with Crippen LogP contribution in [0.3, 0.4) is 0 Å². The first kappa shape index (κ1) is 21.2. The van der Waals surface area contributed by atoms with Crippen molar-refractivity contribution < 1.29 is 27.4 Å². The number of hydrogen-bond donors (Lipinski definition) is 1. The van der Waals surface area contributed by atoms with Crippen molar-refractivity contribution in [3.05, 3.63) is 52.5 Å². The number of hydrogen-bond acceptors (Lipinski definition) is 5. The van der Waals surface area contributed by atoms with Crippen LogP contribution >= 0.6 is 23.4 Å². The van der Waals surface area contributed by atoms with Crippen molar-refractivity contribution >= 4 is 35.0 Å². The summed E-state index contributed by atoms with van der Waals surface area (Å²) < 4.78 is 49.1. The number of thioether (sulfide) groups is 1. The summed E-state index contributed by atoms with van der Waals surface area (Å²) in [7, 11) is 0. The van der Waals surface area contributed by atoms with Crippen molar-refractivity contribution in [2.45, 2.75) is 18.3 Å². The van der Waals surface area contributed by atoms with Gasteiger partial charge in [-0.3, -0.25) is 4.79 Å². The Hall–Kier alpha value is -2.06. The van der Waals surface area contributed by atoms with Gasteiger partial charge in [-0.1, -0.05) is 17.7 Å². The van der Waals surface area contributed by atoms with Gasteiger partial charge in [0.15, 0.2) is 0 Å². The summed E-state index contributed by atoms with van der Waals surface area (Å²) in [5, 5.41) is -0.968. The SMILES string of the molecule is CCOC(=O)C(SC)c1c(N)cccc1Oc1ccc(C(F)(F)F)cc1Cl. The molecule has 0 saturated heterocycles. The average Bonchev–Trinajstić information content (AvgIpc) is 2.59. The second-order valence-electron chi connectivity index (χ2n) is 5.37. The number of ether oxygens (including phenoxy) is 2. The highest BCUT2D eigenvalue weighted by Crippen LogP contribution is 2.42. The summed E-state index contributed by atoms with van der Waals surface area (Å²) in [6, 6.07) is 7.53. The van der Waals surface area contributed by atoms with E-state index in [2.05, 4.69) is 0 Å². The van der Waals surface area contributed by atoms with Crippen LogP contribution in [-0.2, 0) is 15.7 Å². The molecule has 2 aromatic rings. The molecule has 1 atom stereocenters. The van der Waals surface area contributed by atoms with Gasteiger partial charge in [0.2, 0.25) is 0 Å². The van der Waals surface area contributed by atoms with Crippen molar-refractivity contribution in [2.75, 3.05) is 18.6 Å². The molecule has 0 aliphatic heterocycles. The number of nitrogens with two attached hydrogens (primary N) is 1. The van der Waals surface area contributed by atoms with Crippen LogP contribution in [0.1, 0.15) is 23.3 Å². The van der Waals surface area contributed by atoms with E-state index in [4.69, 9.17) is 26.8 Å². The highest BCUT2D eigenvalue weighted by molar-refractivity contribution is 7.99. The summed E-state index contributed by atoms with van der Waals surface area (Å²) in [4.78, 5) is 12.2. The largest absolute Gasteiger partial charge is 0.465 e. The predicted molar refractivity (Wildman–Crippen MR) is 100 cm³/mol. The maximum atomic E-state index is 12.8. The van der Waals surface area contributed by atoms with Crippen LogP contribution in [0.5, 0.6) is 11.5 Å². The molecule has 0 bridgehead atoms. The standard InChI is InChI=1S/C18H17ClF3NO3S/c1-3-25-17(24)16(27-2)15-12(23)5-4-6-14(15)26-13-8-7-10(9-11(13)19)18(20,21)22/h4-9,16H,3,23H2,1-2H3. The second kappa shape index (κ2) is 8.75. The van der Waals surface area contributed by atoms with E-state index in [1.165, 1.54) is 11.8 Å². The molecule has 2 N–H and O–H groups in total. The number of rotatable bonds is 6. The quantitative estimate of drug-likeness (QED) is 0.480. The van der Waals surface area contributed by atoms with Gasteiger partial charge in [0.1, 0.15) is 16.7 Å². The highest BCUT2D eigenvalue weighted by atomic mass is 35.5. The van der Waals surface area contributed by atoms with E-state index < -0.39 is 23.0 Å². The molecule has 0 aliphatic carbocycles. The Morgan fingerprint density at radius 3 is 2.52 bits per heavy atom. The van der Waals surface area contributed by atoms with E-state index >= 15 is 0 Å². The molecule has 0 radical (unpaired) electrons. The zero-order valence-electron chi connectivity index (χ0n) is 14.5. The van der Waals surface area contributed by atoms with Gasteiger partial charge in [-0.15, -0.1) is 11.8 Å². The van der Waals surface area contributed by atoms with Gasteiger partial charge in [-0.05, 0) is 43.5 Å². The molecule has 2 rings (SSSR count). The van der Waals surface area contributed by atoms with Crippen LogP contribution in [0.4, 0.5) is 18.9 Å². The van der Waals surface area contributed by atoms with E-state index in [9.17, 15) is 18.0 Å². The molecule has 0 saturated carbocycles. The van der Waals surface area contributed by atoms with E-state index in [0.29, 0.717) is 11.3 Å². The number of halogens is 4. The predicted octanol–water partition coefficient (Wildman–Crippen LogP) is 5.70. The topological polar surface area (TPSA) is 61.5 Å². The van der Waals surface area contributed by atoms with Gasteiger partial charge in [-0.25, -0.2) is 0 Å². The Morgan fingerprint density at radius 2 is 1.96 bits per heavy atom. The van der Waals surface area contributed by atoms with Crippen LogP contribution in [0.25, 0.3) is 0 Å². The average molecular weight is 420 g/mol. The third kappa shape index (κ3) is 5.01. The zero-order valence-corrected chi connectivity index (χ0v) is 16.0. The molecule has 0 spiro atoms. The van der Waals surface area contributed by atoms with Crippen LogP contribution in [0.15, 0.2) is 36.4 Å². The molecule has 146 valence electrons. The van der Waals surface area contributed by atoms with Crippen LogP contribution in [0.2, 0.25) is 5.02 Å². The fourth-order valence-electron chi connectivity index (χ4n) is 2.36. The molecule has 0 aromatic heterocycles. The third-order valence-electron chi connectivity index (χ3n) is 3.58. The van der Waals surface area contributed by atoms with Gasteiger partial charge in [0.25, 0.3) is 0 Å². The monoisotopic (exact) mass is 419 g/mol. The first-order valence-electron chi connectivity index (χ1n) is 7.81. The van der Waals surface area contributed by atoms with Crippen LogP contribution in [-0.4, -0.2) is 18.8 Å². The smallest absolute Gasteiger partial charge is 0.416 e. The number of esters is 1. The normalized spacial score (nSPS) is 12.5. The lowest BCUT2D eigenvalue weighted by Gasteiger charge is -2.20. The lowest BCUT2D eigenvalue weighted by Crippen LogP contribution is -2.15.